The summed E-state index contributed by atoms with van der Waals surface area (Å²) in [5.74, 6) is 1.21. The number of fused-ring (bicyclic) bond motifs is 1. The first-order valence-electron chi connectivity index (χ1n) is 6.92. The Bertz CT molecular complexity index is 776. The average Bonchev–Trinajstić information content (AvgIpc) is 3.15. The molecule has 1 aromatic carbocycles. The third-order valence-electron chi connectivity index (χ3n) is 3.78. The molecule has 1 N–H and O–H groups in total. The van der Waals surface area contributed by atoms with E-state index in [4.69, 9.17) is 4.52 Å². The van der Waals surface area contributed by atoms with Gasteiger partial charge in [0.1, 0.15) is 0 Å². The highest BCUT2D eigenvalue weighted by atomic mass is 16.5. The topological polar surface area (TPSA) is 68.8 Å². The standard InChI is InChI=1S/C15H15N5O/c1-20-9-12(8-17-20)14-18-15(21-19-14)13-6-10-4-2-3-5-11(10)7-16-13/h2-5,8-9,13,16H,6-7H2,1H3/t13-/m1/s1. The summed E-state index contributed by atoms with van der Waals surface area (Å²) < 4.78 is 7.14. The summed E-state index contributed by atoms with van der Waals surface area (Å²) in [6.07, 6.45) is 4.47. The van der Waals surface area contributed by atoms with Gasteiger partial charge in [0.25, 0.3) is 0 Å². The molecule has 0 amide bonds. The quantitative estimate of drug-likeness (QED) is 0.776. The molecule has 1 atom stereocenters. The van der Waals surface area contributed by atoms with E-state index >= 15 is 0 Å². The number of benzene rings is 1. The third-order valence-corrected chi connectivity index (χ3v) is 3.78. The van der Waals surface area contributed by atoms with Crippen LogP contribution in [-0.4, -0.2) is 19.9 Å². The number of rotatable bonds is 2. The zero-order valence-corrected chi connectivity index (χ0v) is 11.7. The molecule has 0 spiro atoms. The first-order chi connectivity index (χ1) is 10.3. The molecule has 0 saturated heterocycles. The monoisotopic (exact) mass is 281 g/mol. The molecule has 0 fully saturated rings. The minimum atomic E-state index is 0.0674. The second-order valence-electron chi connectivity index (χ2n) is 5.27. The van der Waals surface area contributed by atoms with Gasteiger partial charge in [-0.3, -0.25) is 4.68 Å². The average molecular weight is 281 g/mol. The molecule has 6 heteroatoms. The summed E-state index contributed by atoms with van der Waals surface area (Å²) in [4.78, 5) is 4.50. The molecule has 1 aliphatic heterocycles. The van der Waals surface area contributed by atoms with Gasteiger partial charge < -0.3 is 9.84 Å². The summed E-state index contributed by atoms with van der Waals surface area (Å²) in [5, 5.41) is 11.6. The highest BCUT2D eigenvalue weighted by Crippen LogP contribution is 2.26. The number of aryl methyl sites for hydroxylation is 1. The number of hydrogen-bond donors (Lipinski definition) is 1. The smallest absolute Gasteiger partial charge is 0.244 e. The maximum Gasteiger partial charge on any atom is 0.244 e. The van der Waals surface area contributed by atoms with E-state index in [-0.39, 0.29) is 6.04 Å². The Morgan fingerprint density at radius 1 is 1.29 bits per heavy atom. The van der Waals surface area contributed by atoms with E-state index in [2.05, 4.69) is 44.8 Å². The predicted molar refractivity (Wildman–Crippen MR) is 76.2 cm³/mol. The molecule has 0 radical (unpaired) electrons. The van der Waals surface area contributed by atoms with Crippen molar-refractivity contribution in [2.24, 2.45) is 7.05 Å². The molecular formula is C15H15N5O. The Kier molecular flexibility index (Phi) is 2.82. The molecule has 3 heterocycles. The van der Waals surface area contributed by atoms with Gasteiger partial charge in [0.2, 0.25) is 11.7 Å². The minimum Gasteiger partial charge on any atom is -0.337 e. The molecule has 1 aliphatic rings. The molecule has 0 aliphatic carbocycles. The van der Waals surface area contributed by atoms with Crippen molar-refractivity contribution in [3.05, 3.63) is 53.7 Å². The SMILES string of the molecule is Cn1cc(-c2noc([C@H]3Cc4ccccc4CN3)n2)cn1. The molecule has 0 unspecified atom stereocenters. The van der Waals surface area contributed by atoms with Crippen LogP contribution in [0.5, 0.6) is 0 Å². The second kappa shape index (κ2) is 4.82. The van der Waals surface area contributed by atoms with Gasteiger partial charge in [-0.15, -0.1) is 0 Å². The summed E-state index contributed by atoms with van der Waals surface area (Å²) >= 11 is 0. The first kappa shape index (κ1) is 12.3. The van der Waals surface area contributed by atoms with Gasteiger partial charge in [-0.05, 0) is 17.5 Å². The van der Waals surface area contributed by atoms with Crippen molar-refractivity contribution in [2.45, 2.75) is 19.0 Å². The van der Waals surface area contributed by atoms with Crippen LogP contribution in [0.3, 0.4) is 0 Å². The molecular weight excluding hydrogens is 266 g/mol. The van der Waals surface area contributed by atoms with Crippen molar-refractivity contribution in [3.8, 4) is 11.4 Å². The van der Waals surface area contributed by atoms with Crippen molar-refractivity contribution >= 4 is 0 Å². The van der Waals surface area contributed by atoms with Crippen LogP contribution in [0.15, 0.2) is 41.2 Å². The molecule has 3 aromatic rings. The van der Waals surface area contributed by atoms with E-state index < -0.39 is 0 Å². The predicted octanol–water partition coefficient (Wildman–Crippen LogP) is 1.86. The number of aromatic nitrogens is 4. The third kappa shape index (κ3) is 2.23. The van der Waals surface area contributed by atoms with Gasteiger partial charge in [0, 0.05) is 19.8 Å². The highest BCUT2D eigenvalue weighted by molar-refractivity contribution is 5.51. The maximum atomic E-state index is 5.42. The zero-order valence-electron chi connectivity index (χ0n) is 11.7. The van der Waals surface area contributed by atoms with Crippen molar-refractivity contribution in [2.75, 3.05) is 0 Å². The Morgan fingerprint density at radius 2 is 2.14 bits per heavy atom. The van der Waals surface area contributed by atoms with Crippen LogP contribution in [0, 0.1) is 0 Å². The first-order valence-corrected chi connectivity index (χ1v) is 6.92. The molecule has 6 nitrogen and oxygen atoms in total. The lowest BCUT2D eigenvalue weighted by Crippen LogP contribution is -2.28. The Labute approximate surface area is 121 Å². The summed E-state index contributed by atoms with van der Waals surface area (Å²) in [6.45, 7) is 0.825. The fourth-order valence-electron chi connectivity index (χ4n) is 2.66. The lowest BCUT2D eigenvalue weighted by atomic mass is 9.96. The minimum absolute atomic E-state index is 0.0674. The van der Waals surface area contributed by atoms with Gasteiger partial charge in [-0.25, -0.2) is 0 Å². The Morgan fingerprint density at radius 3 is 2.95 bits per heavy atom. The van der Waals surface area contributed by atoms with E-state index in [0.29, 0.717) is 11.7 Å². The molecule has 0 saturated carbocycles. The Hall–Kier alpha value is -2.47. The maximum absolute atomic E-state index is 5.42. The summed E-state index contributed by atoms with van der Waals surface area (Å²) in [6, 6.07) is 8.50. The number of hydrogen-bond acceptors (Lipinski definition) is 5. The molecule has 2 aromatic heterocycles. The van der Waals surface area contributed by atoms with E-state index in [9.17, 15) is 0 Å². The van der Waals surface area contributed by atoms with E-state index in [0.717, 1.165) is 18.5 Å². The molecule has 0 bridgehead atoms. The summed E-state index contributed by atoms with van der Waals surface area (Å²) in [7, 11) is 1.87. The van der Waals surface area contributed by atoms with Crippen molar-refractivity contribution in [3.63, 3.8) is 0 Å². The van der Waals surface area contributed by atoms with Crippen LogP contribution >= 0.6 is 0 Å². The van der Waals surface area contributed by atoms with Crippen LogP contribution in [0.25, 0.3) is 11.4 Å². The van der Waals surface area contributed by atoms with Crippen LogP contribution in [0.4, 0.5) is 0 Å². The van der Waals surface area contributed by atoms with Gasteiger partial charge in [0.15, 0.2) is 0 Å². The van der Waals surface area contributed by atoms with Gasteiger partial charge >= 0.3 is 0 Å². The Balaban J connectivity index is 1.60. The van der Waals surface area contributed by atoms with Crippen LogP contribution in [0.2, 0.25) is 0 Å². The number of nitrogens with one attached hydrogen (secondary N) is 1. The van der Waals surface area contributed by atoms with E-state index in [1.165, 1.54) is 11.1 Å². The lowest BCUT2D eigenvalue weighted by Gasteiger charge is -2.23. The highest BCUT2D eigenvalue weighted by Gasteiger charge is 2.24. The molecule has 21 heavy (non-hydrogen) atoms. The second-order valence-corrected chi connectivity index (χ2v) is 5.27. The lowest BCUT2D eigenvalue weighted by molar-refractivity contribution is 0.321. The normalized spacial score (nSPS) is 17.7. The van der Waals surface area contributed by atoms with Crippen molar-refractivity contribution in [1.29, 1.82) is 0 Å². The summed E-state index contributed by atoms with van der Waals surface area (Å²) in [5.41, 5.74) is 3.53. The van der Waals surface area contributed by atoms with Crippen molar-refractivity contribution in [1.82, 2.24) is 25.2 Å². The van der Waals surface area contributed by atoms with Gasteiger partial charge in [-0.2, -0.15) is 10.1 Å². The fraction of sp³-hybridized carbons (Fsp3) is 0.267. The molecule has 106 valence electrons. The van der Waals surface area contributed by atoms with Gasteiger partial charge in [-0.1, -0.05) is 29.4 Å². The van der Waals surface area contributed by atoms with Crippen molar-refractivity contribution < 1.29 is 4.52 Å². The van der Waals surface area contributed by atoms with E-state index in [1.54, 1.807) is 10.9 Å². The number of nitrogens with zero attached hydrogens (tertiary/aromatic N) is 4. The fourth-order valence-corrected chi connectivity index (χ4v) is 2.66. The van der Waals surface area contributed by atoms with Crippen LogP contribution in [0.1, 0.15) is 23.1 Å². The largest absolute Gasteiger partial charge is 0.337 e. The molecule has 4 rings (SSSR count). The van der Waals surface area contributed by atoms with Crippen LogP contribution in [-0.2, 0) is 20.0 Å². The zero-order chi connectivity index (χ0) is 14.2. The van der Waals surface area contributed by atoms with Gasteiger partial charge in [0.05, 0.1) is 17.8 Å². The van der Waals surface area contributed by atoms with E-state index in [1.807, 2.05) is 13.2 Å². The van der Waals surface area contributed by atoms with Crippen LogP contribution < -0.4 is 5.32 Å².